The van der Waals surface area contributed by atoms with E-state index in [1.165, 1.54) is 38.8 Å². The maximum Gasteiger partial charge on any atom is 0.208 e. The van der Waals surface area contributed by atoms with Crippen molar-refractivity contribution in [3.8, 4) is 0 Å². The second-order valence-corrected chi connectivity index (χ2v) is 8.17. The highest BCUT2D eigenvalue weighted by atomic mass is 32.1. The van der Waals surface area contributed by atoms with Gasteiger partial charge in [-0.2, -0.15) is 0 Å². The Morgan fingerprint density at radius 3 is 2.64 bits per heavy atom. The van der Waals surface area contributed by atoms with Crippen LogP contribution < -0.4 is 4.90 Å². The molecular formula is C17H27N7S. The highest BCUT2D eigenvalue weighted by molar-refractivity contribution is 7.15. The van der Waals surface area contributed by atoms with Crippen LogP contribution in [-0.4, -0.2) is 56.0 Å². The van der Waals surface area contributed by atoms with Gasteiger partial charge in [0, 0.05) is 26.1 Å². The van der Waals surface area contributed by atoms with Gasteiger partial charge in [0.05, 0.1) is 6.54 Å². The van der Waals surface area contributed by atoms with Crippen molar-refractivity contribution in [2.75, 3.05) is 31.1 Å². The predicted molar refractivity (Wildman–Crippen MR) is 99.0 cm³/mol. The van der Waals surface area contributed by atoms with Crippen LogP contribution >= 0.6 is 11.3 Å². The van der Waals surface area contributed by atoms with E-state index < -0.39 is 0 Å². The van der Waals surface area contributed by atoms with Crippen molar-refractivity contribution in [1.82, 2.24) is 29.9 Å². The number of anilines is 1. The zero-order valence-electron chi connectivity index (χ0n) is 15.2. The van der Waals surface area contributed by atoms with Crippen LogP contribution in [0.15, 0.2) is 0 Å². The lowest BCUT2D eigenvalue weighted by molar-refractivity contribution is 0.317. The van der Waals surface area contributed by atoms with Crippen LogP contribution in [0.5, 0.6) is 0 Å². The molecule has 4 heterocycles. The van der Waals surface area contributed by atoms with Crippen molar-refractivity contribution in [2.24, 2.45) is 7.05 Å². The first kappa shape index (κ1) is 16.9. The number of nitrogens with zero attached hydrogens (tertiary/aromatic N) is 7. The molecule has 1 atom stereocenters. The molecule has 2 aromatic rings. The molecule has 0 spiro atoms. The van der Waals surface area contributed by atoms with Crippen LogP contribution in [-0.2, 0) is 20.0 Å². The van der Waals surface area contributed by atoms with Crippen LogP contribution in [0.25, 0.3) is 0 Å². The molecule has 0 aliphatic carbocycles. The van der Waals surface area contributed by atoms with Crippen molar-refractivity contribution >= 4 is 16.5 Å². The fourth-order valence-electron chi connectivity index (χ4n) is 3.89. The molecule has 2 fully saturated rings. The Kier molecular flexibility index (Phi) is 4.98. The van der Waals surface area contributed by atoms with Gasteiger partial charge in [0.15, 0.2) is 0 Å². The highest BCUT2D eigenvalue weighted by Crippen LogP contribution is 2.31. The number of likely N-dealkylation sites (tertiary alicyclic amines) is 1. The van der Waals surface area contributed by atoms with Crippen molar-refractivity contribution in [1.29, 1.82) is 0 Å². The molecular weight excluding hydrogens is 334 g/mol. The van der Waals surface area contributed by atoms with Crippen molar-refractivity contribution < 1.29 is 0 Å². The van der Waals surface area contributed by atoms with E-state index >= 15 is 0 Å². The summed E-state index contributed by atoms with van der Waals surface area (Å²) in [5.74, 6) is 2.64. The molecule has 0 bridgehead atoms. The molecule has 2 saturated heterocycles. The molecule has 2 aromatic heterocycles. The summed E-state index contributed by atoms with van der Waals surface area (Å²) in [6.07, 6.45) is 5.91. The number of piperidine rings is 1. The Morgan fingerprint density at radius 2 is 1.88 bits per heavy atom. The van der Waals surface area contributed by atoms with Crippen LogP contribution in [0.3, 0.4) is 0 Å². The van der Waals surface area contributed by atoms with Gasteiger partial charge in [0.1, 0.15) is 16.7 Å². The van der Waals surface area contributed by atoms with E-state index in [9.17, 15) is 0 Å². The summed E-state index contributed by atoms with van der Waals surface area (Å²) in [5.41, 5.74) is 0. The third kappa shape index (κ3) is 3.55. The molecule has 4 rings (SSSR count). The van der Waals surface area contributed by atoms with E-state index in [4.69, 9.17) is 0 Å². The molecule has 2 aliphatic rings. The SMILES string of the molecule is CCc1nnc(N2CCC[C@H](c3nnc(CN4CCCC4)n3C)C2)s1. The molecule has 0 N–H and O–H groups in total. The zero-order valence-corrected chi connectivity index (χ0v) is 16.0. The molecule has 0 radical (unpaired) electrons. The monoisotopic (exact) mass is 361 g/mol. The standard InChI is InChI=1S/C17H27N7S/c1-3-15-19-21-17(25-15)24-10-6-7-13(11-24)16-20-18-14(22(16)2)12-23-8-4-5-9-23/h13H,3-12H2,1-2H3/t13-/m0/s1. The van der Waals surface area contributed by atoms with E-state index in [-0.39, 0.29) is 0 Å². The predicted octanol–water partition coefficient (Wildman–Crippen LogP) is 2.21. The van der Waals surface area contributed by atoms with Crippen LogP contribution in [0, 0.1) is 0 Å². The first-order valence-electron chi connectivity index (χ1n) is 9.42. The maximum atomic E-state index is 4.56. The van der Waals surface area contributed by atoms with Crippen LogP contribution in [0.1, 0.15) is 55.2 Å². The van der Waals surface area contributed by atoms with Crippen molar-refractivity contribution in [3.63, 3.8) is 0 Å². The molecule has 25 heavy (non-hydrogen) atoms. The van der Waals surface area contributed by atoms with Crippen molar-refractivity contribution in [3.05, 3.63) is 16.7 Å². The molecule has 8 heteroatoms. The minimum atomic E-state index is 0.424. The van der Waals surface area contributed by atoms with E-state index in [1.807, 2.05) is 0 Å². The Morgan fingerprint density at radius 1 is 1.04 bits per heavy atom. The lowest BCUT2D eigenvalue weighted by Crippen LogP contribution is -2.35. The smallest absolute Gasteiger partial charge is 0.208 e. The van der Waals surface area contributed by atoms with E-state index in [2.05, 4.69) is 48.7 Å². The second kappa shape index (κ2) is 7.37. The van der Waals surface area contributed by atoms with Crippen LogP contribution in [0.2, 0.25) is 0 Å². The Balaban J connectivity index is 1.46. The molecule has 0 aromatic carbocycles. The molecule has 0 unspecified atom stereocenters. The van der Waals surface area contributed by atoms with Gasteiger partial charge < -0.3 is 9.47 Å². The summed E-state index contributed by atoms with van der Waals surface area (Å²) in [7, 11) is 2.12. The molecule has 0 saturated carbocycles. The number of hydrogen-bond acceptors (Lipinski definition) is 7. The molecule has 7 nitrogen and oxygen atoms in total. The van der Waals surface area contributed by atoms with Gasteiger partial charge in [-0.3, -0.25) is 4.90 Å². The topological polar surface area (TPSA) is 63.0 Å². The molecule has 136 valence electrons. The number of aryl methyl sites for hydroxylation is 1. The summed E-state index contributed by atoms with van der Waals surface area (Å²) in [4.78, 5) is 4.86. The Bertz CT molecular complexity index is 704. The molecule has 0 amide bonds. The Labute approximate surface area is 153 Å². The van der Waals surface area contributed by atoms with Crippen molar-refractivity contribution in [2.45, 2.75) is 51.5 Å². The van der Waals surface area contributed by atoms with Gasteiger partial charge >= 0.3 is 0 Å². The normalized spacial score (nSPS) is 22.0. The minimum absolute atomic E-state index is 0.424. The average molecular weight is 362 g/mol. The van der Waals surface area contributed by atoms with Gasteiger partial charge in [0.2, 0.25) is 5.13 Å². The Hall–Kier alpha value is -1.54. The summed E-state index contributed by atoms with van der Waals surface area (Å²) < 4.78 is 2.23. The van der Waals surface area contributed by atoms with E-state index in [0.717, 1.165) is 47.8 Å². The third-order valence-corrected chi connectivity index (χ3v) is 6.51. The van der Waals surface area contributed by atoms with Gasteiger partial charge in [-0.15, -0.1) is 20.4 Å². The summed E-state index contributed by atoms with van der Waals surface area (Å²) in [6.45, 7) is 7.47. The summed E-state index contributed by atoms with van der Waals surface area (Å²) >= 11 is 1.72. The fraction of sp³-hybridized carbons (Fsp3) is 0.765. The molecule has 2 aliphatic heterocycles. The quantitative estimate of drug-likeness (QED) is 0.814. The minimum Gasteiger partial charge on any atom is -0.346 e. The van der Waals surface area contributed by atoms with E-state index in [0.29, 0.717) is 5.92 Å². The average Bonchev–Trinajstić information content (AvgIpc) is 3.38. The third-order valence-electron chi connectivity index (χ3n) is 5.38. The zero-order chi connectivity index (χ0) is 17.2. The highest BCUT2D eigenvalue weighted by Gasteiger charge is 2.28. The van der Waals surface area contributed by atoms with Crippen LogP contribution in [0.4, 0.5) is 5.13 Å². The van der Waals surface area contributed by atoms with Gasteiger partial charge in [-0.05, 0) is 45.2 Å². The first-order chi connectivity index (χ1) is 12.2. The summed E-state index contributed by atoms with van der Waals surface area (Å²) in [5, 5.41) is 19.9. The summed E-state index contributed by atoms with van der Waals surface area (Å²) in [6, 6.07) is 0. The van der Waals surface area contributed by atoms with Gasteiger partial charge in [-0.1, -0.05) is 18.3 Å². The number of rotatable bonds is 5. The van der Waals surface area contributed by atoms with Gasteiger partial charge in [0.25, 0.3) is 0 Å². The second-order valence-electron chi connectivity index (χ2n) is 7.13. The fourth-order valence-corrected chi connectivity index (χ4v) is 4.70. The maximum absolute atomic E-state index is 4.56. The number of aromatic nitrogens is 5. The lowest BCUT2D eigenvalue weighted by Gasteiger charge is -2.31. The van der Waals surface area contributed by atoms with Gasteiger partial charge in [-0.25, -0.2) is 0 Å². The lowest BCUT2D eigenvalue weighted by atomic mass is 9.97. The largest absolute Gasteiger partial charge is 0.346 e. The van der Waals surface area contributed by atoms with E-state index in [1.54, 1.807) is 11.3 Å². The number of hydrogen-bond donors (Lipinski definition) is 0. The first-order valence-corrected chi connectivity index (χ1v) is 10.2.